The van der Waals surface area contributed by atoms with Crippen LogP contribution in [0.2, 0.25) is 0 Å². The topological polar surface area (TPSA) is 72.1 Å². The van der Waals surface area contributed by atoms with E-state index in [-0.39, 0.29) is 12.6 Å². The van der Waals surface area contributed by atoms with Gasteiger partial charge in [0.15, 0.2) is 5.84 Å². The van der Waals surface area contributed by atoms with Crippen molar-refractivity contribution in [3.63, 3.8) is 0 Å². The highest BCUT2D eigenvalue weighted by atomic mass is 16.6. The summed E-state index contributed by atoms with van der Waals surface area (Å²) in [5, 5.41) is 13.9. The molecule has 2 aromatic rings. The van der Waals surface area contributed by atoms with Crippen LogP contribution >= 0.6 is 0 Å². The molecule has 0 saturated carbocycles. The molecule has 2 aliphatic rings. The quantitative estimate of drug-likeness (QED) is 0.897. The van der Waals surface area contributed by atoms with Crippen molar-refractivity contribution in [2.45, 2.75) is 25.8 Å². The lowest BCUT2D eigenvalue weighted by Crippen LogP contribution is -2.50. The second-order valence-corrected chi connectivity index (χ2v) is 6.87. The number of benzene rings is 1. The molecule has 1 aromatic carbocycles. The molecule has 27 heavy (non-hydrogen) atoms. The first kappa shape index (κ1) is 17.6. The van der Waals surface area contributed by atoms with E-state index in [9.17, 15) is 5.11 Å². The highest BCUT2D eigenvalue weighted by Crippen LogP contribution is 2.29. The van der Waals surface area contributed by atoms with Crippen molar-refractivity contribution in [2.75, 3.05) is 26.9 Å². The Labute approximate surface area is 158 Å². The molecule has 0 unspecified atom stereocenters. The van der Waals surface area contributed by atoms with E-state index in [1.807, 2.05) is 29.8 Å². The maximum Gasteiger partial charge on any atom is 0.171 e. The van der Waals surface area contributed by atoms with Crippen molar-refractivity contribution in [3.05, 3.63) is 47.6 Å². The molecule has 2 aliphatic heterocycles. The minimum absolute atomic E-state index is 0.0254. The monoisotopic (exact) mass is 368 g/mol. The van der Waals surface area contributed by atoms with Crippen LogP contribution in [0.3, 0.4) is 0 Å². The normalized spacial score (nSPS) is 20.9. The van der Waals surface area contributed by atoms with Gasteiger partial charge in [-0.2, -0.15) is 0 Å². The minimum atomic E-state index is -0.0254. The maximum absolute atomic E-state index is 9.59. The van der Waals surface area contributed by atoms with Crippen molar-refractivity contribution >= 4 is 11.9 Å². The molecule has 1 fully saturated rings. The number of methoxy groups -OCH3 is 1. The summed E-state index contributed by atoms with van der Waals surface area (Å²) in [4.78, 5) is 11.8. The van der Waals surface area contributed by atoms with E-state index in [1.165, 1.54) is 0 Å². The van der Waals surface area contributed by atoms with Crippen molar-refractivity contribution in [3.8, 4) is 11.4 Å². The molecule has 7 nitrogen and oxygen atoms in total. The van der Waals surface area contributed by atoms with Crippen LogP contribution in [-0.4, -0.2) is 58.3 Å². The smallest absolute Gasteiger partial charge is 0.171 e. The molecule has 3 heterocycles. The highest BCUT2D eigenvalue weighted by molar-refractivity contribution is 6.02. The van der Waals surface area contributed by atoms with Crippen LogP contribution in [0.25, 0.3) is 11.8 Å². The number of hydrogen-bond donors (Lipinski definition) is 1. The van der Waals surface area contributed by atoms with Gasteiger partial charge in [0, 0.05) is 12.7 Å². The predicted molar refractivity (Wildman–Crippen MR) is 103 cm³/mol. The Morgan fingerprint density at radius 2 is 2.30 bits per heavy atom. The number of aliphatic hydroxyl groups is 1. The van der Waals surface area contributed by atoms with E-state index in [2.05, 4.69) is 27.2 Å². The molecular weight excluding hydrogens is 344 g/mol. The number of aryl methyl sites for hydroxylation is 1. The van der Waals surface area contributed by atoms with E-state index < -0.39 is 0 Å². The Balaban J connectivity index is 1.66. The SMILES string of the molecule is COc1cc(/C=C2\CCCN3C2=NOC[C@@H]3CO)ccc1-n1cnc(C)c1. The molecule has 0 radical (unpaired) electrons. The molecule has 0 bridgehead atoms. The summed E-state index contributed by atoms with van der Waals surface area (Å²) < 4.78 is 7.56. The fourth-order valence-electron chi connectivity index (χ4n) is 3.62. The first-order valence-corrected chi connectivity index (χ1v) is 9.17. The number of hydrogen-bond acceptors (Lipinski definition) is 6. The summed E-state index contributed by atoms with van der Waals surface area (Å²) in [5.74, 6) is 1.62. The average Bonchev–Trinajstić information content (AvgIpc) is 3.13. The minimum Gasteiger partial charge on any atom is -0.495 e. The van der Waals surface area contributed by atoms with Gasteiger partial charge in [-0.3, -0.25) is 0 Å². The van der Waals surface area contributed by atoms with Gasteiger partial charge in [-0.05, 0) is 49.1 Å². The van der Waals surface area contributed by atoms with Crippen LogP contribution < -0.4 is 4.74 Å². The second-order valence-electron chi connectivity index (χ2n) is 6.87. The molecule has 7 heteroatoms. The van der Waals surface area contributed by atoms with Gasteiger partial charge < -0.3 is 24.1 Å². The number of oxime groups is 1. The maximum atomic E-state index is 9.59. The fraction of sp³-hybridized carbons (Fsp3) is 0.400. The molecule has 1 atom stereocenters. The van der Waals surface area contributed by atoms with Crippen LogP contribution in [0.5, 0.6) is 5.75 Å². The Kier molecular flexibility index (Phi) is 4.85. The number of ether oxygens (including phenoxy) is 1. The molecule has 0 amide bonds. The number of rotatable bonds is 4. The zero-order valence-electron chi connectivity index (χ0n) is 15.6. The molecule has 142 valence electrons. The Hall–Kier alpha value is -2.80. The predicted octanol–water partition coefficient (Wildman–Crippen LogP) is 2.37. The molecule has 1 saturated heterocycles. The standard InChI is InChI=1S/C20H24N4O3/c1-14-10-23(13-21-14)18-6-5-15(9-19(18)26-2)8-16-4-3-7-24-17(11-25)12-27-22-20(16)24/h5-6,8-10,13,17,25H,3-4,7,11-12H2,1-2H3/b16-8+/t17-/m0/s1. The number of piperidine rings is 1. The van der Waals surface area contributed by atoms with Gasteiger partial charge in [0.2, 0.25) is 0 Å². The summed E-state index contributed by atoms with van der Waals surface area (Å²) >= 11 is 0. The molecule has 1 N–H and O–H groups in total. The first-order valence-electron chi connectivity index (χ1n) is 9.17. The number of nitrogens with zero attached hydrogens (tertiary/aromatic N) is 4. The van der Waals surface area contributed by atoms with E-state index in [1.54, 1.807) is 13.4 Å². The van der Waals surface area contributed by atoms with Crippen molar-refractivity contribution in [1.29, 1.82) is 0 Å². The van der Waals surface area contributed by atoms with Gasteiger partial charge in [0.05, 0.1) is 37.5 Å². The molecular formula is C20H24N4O3. The molecule has 1 aromatic heterocycles. The third-order valence-corrected chi connectivity index (χ3v) is 5.01. The zero-order valence-corrected chi connectivity index (χ0v) is 15.6. The Morgan fingerprint density at radius 3 is 3.04 bits per heavy atom. The fourth-order valence-corrected chi connectivity index (χ4v) is 3.62. The highest BCUT2D eigenvalue weighted by Gasteiger charge is 2.31. The van der Waals surface area contributed by atoms with Gasteiger partial charge in [-0.1, -0.05) is 11.2 Å². The van der Waals surface area contributed by atoms with Gasteiger partial charge in [0.25, 0.3) is 0 Å². The van der Waals surface area contributed by atoms with E-state index in [0.717, 1.165) is 53.5 Å². The lowest BCUT2D eigenvalue weighted by molar-refractivity contribution is 0.0324. The van der Waals surface area contributed by atoms with Gasteiger partial charge >= 0.3 is 0 Å². The average molecular weight is 368 g/mol. The van der Waals surface area contributed by atoms with Gasteiger partial charge in [-0.25, -0.2) is 4.98 Å². The third-order valence-electron chi connectivity index (χ3n) is 5.01. The van der Waals surface area contributed by atoms with E-state index in [0.29, 0.717) is 6.61 Å². The number of amidine groups is 1. The number of aliphatic hydroxyl groups excluding tert-OH is 1. The Bertz CT molecular complexity index is 887. The van der Waals surface area contributed by atoms with Crippen LogP contribution in [0.15, 0.2) is 41.5 Å². The lowest BCUT2D eigenvalue weighted by Gasteiger charge is -2.39. The number of aromatic nitrogens is 2. The van der Waals surface area contributed by atoms with Crippen molar-refractivity contribution in [1.82, 2.24) is 14.5 Å². The largest absolute Gasteiger partial charge is 0.495 e. The molecule has 0 aliphatic carbocycles. The van der Waals surface area contributed by atoms with Crippen LogP contribution in [0.1, 0.15) is 24.1 Å². The van der Waals surface area contributed by atoms with Gasteiger partial charge in [-0.15, -0.1) is 0 Å². The van der Waals surface area contributed by atoms with E-state index >= 15 is 0 Å². The number of imidazole rings is 1. The Morgan fingerprint density at radius 1 is 1.41 bits per heavy atom. The van der Waals surface area contributed by atoms with E-state index in [4.69, 9.17) is 9.57 Å². The summed E-state index contributed by atoms with van der Waals surface area (Å²) in [5.41, 5.74) is 4.06. The zero-order chi connectivity index (χ0) is 18.8. The summed E-state index contributed by atoms with van der Waals surface area (Å²) in [6.45, 7) is 3.36. The second kappa shape index (κ2) is 7.44. The van der Waals surface area contributed by atoms with Crippen LogP contribution in [0.4, 0.5) is 0 Å². The summed E-state index contributed by atoms with van der Waals surface area (Å²) in [7, 11) is 1.67. The molecule has 0 spiro atoms. The van der Waals surface area contributed by atoms with Crippen molar-refractivity contribution < 1.29 is 14.7 Å². The lowest BCUT2D eigenvalue weighted by atomic mass is 9.98. The van der Waals surface area contributed by atoms with Crippen molar-refractivity contribution in [2.24, 2.45) is 5.16 Å². The molecule has 4 rings (SSSR count). The van der Waals surface area contributed by atoms with Crippen LogP contribution in [0, 0.1) is 6.92 Å². The third kappa shape index (κ3) is 3.42. The first-order chi connectivity index (χ1) is 13.2. The summed E-state index contributed by atoms with van der Waals surface area (Å²) in [6, 6.07) is 6.09. The van der Waals surface area contributed by atoms with Crippen LogP contribution in [-0.2, 0) is 4.84 Å². The summed E-state index contributed by atoms with van der Waals surface area (Å²) in [6.07, 6.45) is 7.84. The number of fused-ring (bicyclic) bond motifs is 1. The van der Waals surface area contributed by atoms with Gasteiger partial charge in [0.1, 0.15) is 12.4 Å².